The Morgan fingerprint density at radius 2 is 2.44 bits per heavy atom. The van der Waals surface area contributed by atoms with Crippen LogP contribution in [-0.2, 0) is 11.3 Å². The van der Waals surface area contributed by atoms with Crippen LogP contribution < -0.4 is 0 Å². The number of hydrogen-bond acceptors (Lipinski definition) is 4. The van der Waals surface area contributed by atoms with Gasteiger partial charge in [0, 0.05) is 23.9 Å². The van der Waals surface area contributed by atoms with Crippen molar-refractivity contribution in [3.8, 4) is 0 Å². The topological polar surface area (TPSA) is 60.2 Å². The van der Waals surface area contributed by atoms with Crippen molar-refractivity contribution in [2.75, 3.05) is 13.2 Å². The SMILES string of the molecule is OCc1cc2cnc(Cl)nc2n1C1CCCOC1. The molecule has 1 aliphatic rings. The molecule has 0 amide bonds. The molecule has 3 rings (SSSR count). The van der Waals surface area contributed by atoms with Crippen molar-refractivity contribution in [3.05, 3.63) is 23.2 Å². The van der Waals surface area contributed by atoms with Gasteiger partial charge >= 0.3 is 0 Å². The molecule has 0 spiro atoms. The molecular weight excluding hydrogens is 254 g/mol. The van der Waals surface area contributed by atoms with Gasteiger partial charge in [0.05, 0.1) is 19.3 Å². The zero-order valence-corrected chi connectivity index (χ0v) is 10.6. The molecule has 2 aromatic heterocycles. The summed E-state index contributed by atoms with van der Waals surface area (Å²) in [5, 5.41) is 10.6. The number of hydrogen-bond donors (Lipinski definition) is 1. The van der Waals surface area contributed by atoms with E-state index in [1.807, 2.05) is 10.6 Å². The van der Waals surface area contributed by atoms with Gasteiger partial charge < -0.3 is 14.4 Å². The van der Waals surface area contributed by atoms with Crippen LogP contribution in [0.15, 0.2) is 12.3 Å². The average Bonchev–Trinajstić information content (AvgIpc) is 2.77. The van der Waals surface area contributed by atoms with Crippen LogP contribution in [0.2, 0.25) is 5.28 Å². The van der Waals surface area contributed by atoms with Gasteiger partial charge in [0.2, 0.25) is 5.28 Å². The molecule has 1 fully saturated rings. The second kappa shape index (κ2) is 4.84. The second-order valence-electron chi connectivity index (χ2n) is 4.45. The van der Waals surface area contributed by atoms with Crippen molar-refractivity contribution >= 4 is 22.6 Å². The number of aliphatic hydroxyl groups excluding tert-OH is 1. The van der Waals surface area contributed by atoms with E-state index in [4.69, 9.17) is 16.3 Å². The number of halogens is 1. The van der Waals surface area contributed by atoms with E-state index < -0.39 is 0 Å². The van der Waals surface area contributed by atoms with E-state index in [2.05, 4.69) is 9.97 Å². The Bertz CT molecular complexity index is 564. The van der Waals surface area contributed by atoms with Crippen LogP contribution in [0.1, 0.15) is 24.6 Å². The van der Waals surface area contributed by atoms with E-state index in [1.165, 1.54) is 0 Å². The standard InChI is InChI=1S/C12H14ClN3O2/c13-12-14-5-8-4-10(6-17)16(11(8)15-12)9-2-1-3-18-7-9/h4-5,9,17H,1-3,6-7H2. The smallest absolute Gasteiger partial charge is 0.224 e. The van der Waals surface area contributed by atoms with Crippen LogP contribution >= 0.6 is 11.6 Å². The van der Waals surface area contributed by atoms with Crippen molar-refractivity contribution in [2.24, 2.45) is 0 Å². The Balaban J connectivity index is 2.14. The lowest BCUT2D eigenvalue weighted by molar-refractivity contribution is 0.0584. The van der Waals surface area contributed by atoms with E-state index >= 15 is 0 Å². The van der Waals surface area contributed by atoms with Gasteiger partial charge in [0.25, 0.3) is 0 Å². The van der Waals surface area contributed by atoms with Crippen LogP contribution in [0.5, 0.6) is 0 Å². The molecule has 96 valence electrons. The van der Waals surface area contributed by atoms with Gasteiger partial charge in [-0.2, -0.15) is 4.98 Å². The lowest BCUT2D eigenvalue weighted by Crippen LogP contribution is -2.23. The van der Waals surface area contributed by atoms with Gasteiger partial charge in [0.1, 0.15) is 5.65 Å². The molecule has 0 saturated carbocycles. The second-order valence-corrected chi connectivity index (χ2v) is 4.79. The molecule has 18 heavy (non-hydrogen) atoms. The molecule has 2 aromatic rings. The first-order valence-electron chi connectivity index (χ1n) is 6.00. The molecule has 0 aromatic carbocycles. The normalized spacial score (nSPS) is 20.4. The van der Waals surface area contributed by atoms with E-state index in [0.717, 1.165) is 36.2 Å². The van der Waals surface area contributed by atoms with Crippen molar-refractivity contribution in [1.29, 1.82) is 0 Å². The fourth-order valence-corrected chi connectivity index (χ4v) is 2.63. The molecule has 6 heteroatoms. The van der Waals surface area contributed by atoms with E-state index in [9.17, 15) is 5.11 Å². The largest absolute Gasteiger partial charge is 0.390 e. The van der Waals surface area contributed by atoms with Gasteiger partial charge in [-0.05, 0) is 30.5 Å². The zero-order valence-electron chi connectivity index (χ0n) is 9.84. The van der Waals surface area contributed by atoms with Gasteiger partial charge in [-0.25, -0.2) is 4.98 Å². The number of ether oxygens (including phenoxy) is 1. The first-order valence-corrected chi connectivity index (χ1v) is 6.38. The molecule has 1 unspecified atom stereocenters. The molecule has 0 bridgehead atoms. The fourth-order valence-electron chi connectivity index (χ4n) is 2.50. The average molecular weight is 268 g/mol. The van der Waals surface area contributed by atoms with Gasteiger partial charge in [-0.3, -0.25) is 0 Å². The highest BCUT2D eigenvalue weighted by Crippen LogP contribution is 2.28. The minimum atomic E-state index is -0.0233. The Hall–Kier alpha value is -1.17. The quantitative estimate of drug-likeness (QED) is 0.845. The maximum atomic E-state index is 9.48. The summed E-state index contributed by atoms with van der Waals surface area (Å²) < 4.78 is 7.54. The third kappa shape index (κ3) is 1.98. The van der Waals surface area contributed by atoms with Crippen molar-refractivity contribution in [3.63, 3.8) is 0 Å². The molecule has 0 aliphatic carbocycles. The van der Waals surface area contributed by atoms with E-state index in [0.29, 0.717) is 6.61 Å². The monoisotopic (exact) mass is 267 g/mol. The first kappa shape index (κ1) is 11.9. The Morgan fingerprint density at radius 3 is 3.17 bits per heavy atom. The molecule has 3 heterocycles. The van der Waals surface area contributed by atoms with Crippen LogP contribution in [-0.4, -0.2) is 32.9 Å². The summed E-state index contributed by atoms with van der Waals surface area (Å²) in [7, 11) is 0. The predicted octanol–water partition coefficient (Wildman–Crippen LogP) is 1.93. The van der Waals surface area contributed by atoms with E-state index in [1.54, 1.807) is 6.20 Å². The minimum absolute atomic E-state index is 0.0233. The third-order valence-electron chi connectivity index (χ3n) is 3.29. The summed E-state index contributed by atoms with van der Waals surface area (Å²) in [6, 6.07) is 2.12. The molecule has 0 radical (unpaired) electrons. The van der Waals surface area contributed by atoms with Crippen molar-refractivity contribution < 1.29 is 9.84 Å². The van der Waals surface area contributed by atoms with E-state index in [-0.39, 0.29) is 17.9 Å². The van der Waals surface area contributed by atoms with Crippen LogP contribution in [0.25, 0.3) is 11.0 Å². The number of nitrogens with zero attached hydrogens (tertiary/aromatic N) is 3. The predicted molar refractivity (Wildman–Crippen MR) is 67.6 cm³/mol. The fraction of sp³-hybridized carbons (Fsp3) is 0.500. The number of aliphatic hydroxyl groups is 1. The summed E-state index contributed by atoms with van der Waals surface area (Å²) in [5.41, 5.74) is 1.60. The highest BCUT2D eigenvalue weighted by Gasteiger charge is 2.21. The number of aromatic nitrogens is 3. The molecule has 1 atom stereocenters. The van der Waals surface area contributed by atoms with Crippen molar-refractivity contribution in [2.45, 2.75) is 25.5 Å². The lowest BCUT2D eigenvalue weighted by atomic mass is 10.1. The maximum Gasteiger partial charge on any atom is 0.224 e. The summed E-state index contributed by atoms with van der Waals surface area (Å²) >= 11 is 5.85. The Morgan fingerprint density at radius 1 is 1.56 bits per heavy atom. The van der Waals surface area contributed by atoms with Crippen LogP contribution in [0, 0.1) is 0 Å². The molecular formula is C12H14ClN3O2. The van der Waals surface area contributed by atoms with Gasteiger partial charge in [-0.1, -0.05) is 0 Å². The van der Waals surface area contributed by atoms with Crippen LogP contribution in [0.4, 0.5) is 0 Å². The van der Waals surface area contributed by atoms with Gasteiger partial charge in [0.15, 0.2) is 0 Å². The molecule has 1 N–H and O–H groups in total. The Kier molecular flexibility index (Phi) is 3.20. The summed E-state index contributed by atoms with van der Waals surface area (Å²) in [4.78, 5) is 8.24. The Labute approximate surface area is 109 Å². The molecule has 1 aliphatic heterocycles. The third-order valence-corrected chi connectivity index (χ3v) is 3.47. The number of rotatable bonds is 2. The first-order chi connectivity index (χ1) is 8.79. The summed E-state index contributed by atoms with van der Waals surface area (Å²) in [6.07, 6.45) is 3.73. The molecule has 5 nitrogen and oxygen atoms in total. The highest BCUT2D eigenvalue weighted by molar-refractivity contribution is 6.28. The minimum Gasteiger partial charge on any atom is -0.390 e. The van der Waals surface area contributed by atoms with Crippen molar-refractivity contribution in [1.82, 2.24) is 14.5 Å². The number of fused-ring (bicyclic) bond motifs is 1. The molecule has 1 saturated heterocycles. The highest BCUT2D eigenvalue weighted by atomic mass is 35.5. The maximum absolute atomic E-state index is 9.48. The zero-order chi connectivity index (χ0) is 12.5. The van der Waals surface area contributed by atoms with Crippen LogP contribution in [0.3, 0.4) is 0 Å². The summed E-state index contributed by atoms with van der Waals surface area (Å²) in [5.74, 6) is 0. The lowest BCUT2D eigenvalue weighted by Gasteiger charge is -2.25. The van der Waals surface area contributed by atoms with Gasteiger partial charge in [-0.15, -0.1) is 0 Å². The summed E-state index contributed by atoms with van der Waals surface area (Å²) in [6.45, 7) is 1.43.